The number of benzene rings is 1. The third-order valence-electron chi connectivity index (χ3n) is 2.56. The molecule has 0 fully saturated rings. The van der Waals surface area contributed by atoms with E-state index in [2.05, 4.69) is 10.4 Å². The zero-order chi connectivity index (χ0) is 13.8. The summed E-state index contributed by atoms with van der Waals surface area (Å²) >= 11 is 0. The lowest BCUT2D eigenvalue weighted by molar-refractivity contribution is -0.303. The minimum absolute atomic E-state index is 0.338. The summed E-state index contributed by atoms with van der Waals surface area (Å²) in [5, 5.41) is 16.8. The highest BCUT2D eigenvalue weighted by molar-refractivity contribution is 5.96. The van der Waals surface area contributed by atoms with Crippen molar-refractivity contribution in [2.75, 3.05) is 6.54 Å². The molecule has 0 radical (unpaired) electrons. The molecular formula is C13H12N3O3-. The average Bonchev–Trinajstić information content (AvgIpc) is 2.79. The van der Waals surface area contributed by atoms with Crippen LogP contribution in [0.4, 0.5) is 0 Å². The standard InChI is InChI=1S/C13H13N3O3/c1-9-11(13(19)14-7-12(17)18)8-16(15-9)10-5-3-2-4-6-10/h2-6,8H,7H2,1H3,(H,14,19)(H,17,18)/p-1. The first-order valence-electron chi connectivity index (χ1n) is 5.67. The summed E-state index contributed by atoms with van der Waals surface area (Å²) in [5.74, 6) is -1.81. The summed E-state index contributed by atoms with van der Waals surface area (Å²) in [4.78, 5) is 22.1. The van der Waals surface area contributed by atoms with E-state index in [1.165, 1.54) is 0 Å². The highest BCUT2D eigenvalue weighted by Gasteiger charge is 2.13. The van der Waals surface area contributed by atoms with E-state index in [4.69, 9.17) is 0 Å². The van der Waals surface area contributed by atoms with Gasteiger partial charge in [0.2, 0.25) is 0 Å². The molecule has 1 amide bonds. The fraction of sp³-hybridized carbons (Fsp3) is 0.154. The molecule has 1 heterocycles. The molecule has 0 aliphatic heterocycles. The van der Waals surface area contributed by atoms with Crippen LogP contribution in [-0.2, 0) is 4.79 Å². The van der Waals surface area contributed by atoms with E-state index in [1.54, 1.807) is 17.8 Å². The topological polar surface area (TPSA) is 87.0 Å². The monoisotopic (exact) mass is 258 g/mol. The van der Waals surface area contributed by atoms with Gasteiger partial charge in [0.05, 0.1) is 29.5 Å². The maximum Gasteiger partial charge on any atom is 0.255 e. The Bertz CT molecular complexity index is 605. The van der Waals surface area contributed by atoms with Crippen molar-refractivity contribution in [2.24, 2.45) is 0 Å². The molecule has 0 saturated carbocycles. The number of rotatable bonds is 4. The molecule has 1 aromatic heterocycles. The maximum absolute atomic E-state index is 11.8. The number of carboxylic acids is 1. The Morgan fingerprint density at radius 1 is 1.32 bits per heavy atom. The van der Waals surface area contributed by atoms with Crippen molar-refractivity contribution in [2.45, 2.75) is 6.92 Å². The Morgan fingerprint density at radius 3 is 2.63 bits per heavy atom. The minimum atomic E-state index is -1.33. The molecule has 0 bridgehead atoms. The number of amides is 1. The van der Waals surface area contributed by atoms with Gasteiger partial charge in [-0.1, -0.05) is 18.2 Å². The fourth-order valence-electron chi connectivity index (χ4n) is 1.64. The van der Waals surface area contributed by atoms with E-state index in [0.717, 1.165) is 5.69 Å². The smallest absolute Gasteiger partial charge is 0.255 e. The summed E-state index contributed by atoms with van der Waals surface area (Å²) in [6.45, 7) is 1.17. The van der Waals surface area contributed by atoms with Crippen LogP contribution >= 0.6 is 0 Å². The third kappa shape index (κ3) is 2.98. The van der Waals surface area contributed by atoms with Crippen molar-refractivity contribution < 1.29 is 14.7 Å². The fourth-order valence-corrected chi connectivity index (χ4v) is 1.64. The van der Waals surface area contributed by atoms with Crippen molar-refractivity contribution in [3.05, 3.63) is 47.8 Å². The molecular weight excluding hydrogens is 246 g/mol. The molecule has 19 heavy (non-hydrogen) atoms. The van der Waals surface area contributed by atoms with Gasteiger partial charge in [0.25, 0.3) is 5.91 Å². The van der Waals surface area contributed by atoms with E-state index in [9.17, 15) is 14.7 Å². The van der Waals surface area contributed by atoms with Crippen molar-refractivity contribution in [1.82, 2.24) is 15.1 Å². The van der Waals surface area contributed by atoms with Gasteiger partial charge in [0.15, 0.2) is 0 Å². The molecule has 0 spiro atoms. The molecule has 0 unspecified atom stereocenters. The van der Waals surface area contributed by atoms with Gasteiger partial charge >= 0.3 is 0 Å². The maximum atomic E-state index is 11.8. The molecule has 98 valence electrons. The van der Waals surface area contributed by atoms with Gasteiger partial charge in [-0.3, -0.25) is 4.79 Å². The molecule has 0 aliphatic rings. The first-order valence-corrected chi connectivity index (χ1v) is 5.67. The van der Waals surface area contributed by atoms with Crippen LogP contribution in [-0.4, -0.2) is 28.2 Å². The second kappa shape index (κ2) is 5.34. The number of nitrogens with zero attached hydrogens (tertiary/aromatic N) is 2. The first kappa shape index (κ1) is 12.8. The Hall–Kier alpha value is -2.63. The van der Waals surface area contributed by atoms with Gasteiger partial charge < -0.3 is 15.2 Å². The number of carbonyl (C=O) groups excluding carboxylic acids is 2. The predicted octanol–water partition coefficient (Wildman–Crippen LogP) is -0.340. The molecule has 2 aromatic rings. The Labute approximate surface area is 109 Å². The zero-order valence-electron chi connectivity index (χ0n) is 10.3. The normalized spacial score (nSPS) is 10.2. The molecule has 0 saturated heterocycles. The van der Waals surface area contributed by atoms with E-state index >= 15 is 0 Å². The molecule has 2 rings (SSSR count). The number of hydrogen-bond acceptors (Lipinski definition) is 4. The Balaban J connectivity index is 2.22. The largest absolute Gasteiger partial charge is 0.548 e. The third-order valence-corrected chi connectivity index (χ3v) is 2.56. The lowest BCUT2D eigenvalue weighted by Gasteiger charge is -2.04. The van der Waals surface area contributed by atoms with E-state index in [-0.39, 0.29) is 0 Å². The Morgan fingerprint density at radius 2 is 2.00 bits per heavy atom. The van der Waals surface area contributed by atoms with Gasteiger partial charge in [0.1, 0.15) is 0 Å². The van der Waals surface area contributed by atoms with Crippen LogP contribution < -0.4 is 10.4 Å². The Kier molecular flexibility index (Phi) is 3.61. The van der Waals surface area contributed by atoms with Crippen LogP contribution in [0.25, 0.3) is 5.69 Å². The average molecular weight is 258 g/mol. The highest BCUT2D eigenvalue weighted by atomic mass is 16.4. The number of carboxylic acid groups (broad SMARTS) is 1. The second-order valence-electron chi connectivity index (χ2n) is 3.96. The number of carbonyl (C=O) groups is 2. The predicted molar refractivity (Wildman–Crippen MR) is 65.6 cm³/mol. The number of aromatic nitrogens is 2. The molecule has 6 heteroatoms. The summed E-state index contributed by atoms with van der Waals surface area (Å²) < 4.78 is 1.57. The van der Waals surface area contributed by atoms with Gasteiger partial charge in [-0.15, -0.1) is 0 Å². The number of para-hydroxylation sites is 1. The van der Waals surface area contributed by atoms with Gasteiger partial charge in [-0.05, 0) is 19.1 Å². The van der Waals surface area contributed by atoms with E-state index < -0.39 is 18.4 Å². The molecule has 0 atom stereocenters. The first-order chi connectivity index (χ1) is 9.08. The van der Waals surface area contributed by atoms with Crippen molar-refractivity contribution in [3.63, 3.8) is 0 Å². The summed E-state index contributed by atoms with van der Waals surface area (Å²) in [7, 11) is 0. The van der Waals surface area contributed by atoms with Crippen LogP contribution in [0.5, 0.6) is 0 Å². The highest BCUT2D eigenvalue weighted by Crippen LogP contribution is 2.11. The van der Waals surface area contributed by atoms with Gasteiger partial charge in [-0.2, -0.15) is 5.10 Å². The van der Waals surface area contributed by atoms with Crippen molar-refractivity contribution in [1.29, 1.82) is 0 Å². The van der Waals surface area contributed by atoms with Gasteiger partial charge in [-0.25, -0.2) is 4.68 Å². The minimum Gasteiger partial charge on any atom is -0.548 e. The SMILES string of the molecule is Cc1nn(-c2ccccc2)cc1C(=O)NCC(=O)[O-]. The zero-order valence-corrected chi connectivity index (χ0v) is 10.3. The van der Waals surface area contributed by atoms with Crippen LogP contribution in [0.15, 0.2) is 36.5 Å². The van der Waals surface area contributed by atoms with Crippen LogP contribution in [0.1, 0.15) is 16.1 Å². The molecule has 1 aromatic carbocycles. The lowest BCUT2D eigenvalue weighted by atomic mass is 10.2. The summed E-state index contributed by atoms with van der Waals surface area (Å²) in [6.07, 6.45) is 1.56. The van der Waals surface area contributed by atoms with Gasteiger partial charge in [0, 0.05) is 6.20 Å². The summed E-state index contributed by atoms with van der Waals surface area (Å²) in [6, 6.07) is 9.32. The molecule has 1 N–H and O–H groups in total. The van der Waals surface area contributed by atoms with E-state index in [1.807, 2.05) is 30.3 Å². The lowest BCUT2D eigenvalue weighted by Crippen LogP contribution is -2.37. The molecule has 0 aliphatic carbocycles. The van der Waals surface area contributed by atoms with E-state index in [0.29, 0.717) is 11.3 Å². The number of aryl methyl sites for hydroxylation is 1. The quantitative estimate of drug-likeness (QED) is 0.812. The van der Waals surface area contributed by atoms with Crippen molar-refractivity contribution in [3.8, 4) is 5.69 Å². The van der Waals surface area contributed by atoms with Crippen LogP contribution in [0, 0.1) is 6.92 Å². The van der Waals surface area contributed by atoms with Crippen LogP contribution in [0.3, 0.4) is 0 Å². The number of nitrogens with one attached hydrogen (secondary N) is 1. The van der Waals surface area contributed by atoms with Crippen molar-refractivity contribution >= 4 is 11.9 Å². The second-order valence-corrected chi connectivity index (χ2v) is 3.96. The van der Waals surface area contributed by atoms with Crippen LogP contribution in [0.2, 0.25) is 0 Å². The number of aliphatic carboxylic acids is 1. The summed E-state index contributed by atoms with van der Waals surface area (Å²) in [5.41, 5.74) is 1.69. The number of hydrogen-bond donors (Lipinski definition) is 1. The molecule has 6 nitrogen and oxygen atoms in total.